The molecule has 0 heterocycles. The predicted octanol–water partition coefficient (Wildman–Crippen LogP) is 0.819. The number of hydrogen-bond donors (Lipinski definition) is 3. The number of hydrogen-bond acceptors (Lipinski definition) is 4. The van der Waals surface area contributed by atoms with Gasteiger partial charge in [-0.3, -0.25) is 4.52 Å². The molecule has 0 bridgehead atoms. The molecular weight excluding hydrogens is 245 g/mol. The fraction of sp³-hybridized carbons (Fsp3) is 0.222. The number of nitrogens with zero attached hydrogens (tertiary/aromatic N) is 1. The van der Waals surface area contributed by atoms with Crippen LogP contribution in [0.25, 0.3) is 0 Å². The van der Waals surface area contributed by atoms with Gasteiger partial charge in [0.1, 0.15) is 0 Å². The fourth-order valence-electron chi connectivity index (χ4n) is 1.02. The van der Waals surface area contributed by atoms with Crippen molar-refractivity contribution in [1.82, 2.24) is 10.1 Å². The Morgan fingerprint density at radius 2 is 2.12 bits per heavy atom. The number of nitrogens with two attached hydrogens (primary N) is 1. The third kappa shape index (κ3) is 3.83. The first kappa shape index (κ1) is 13.7. The van der Waals surface area contributed by atoms with Gasteiger partial charge in [-0.05, 0) is 5.56 Å². The Hall–Kier alpha value is -1.40. The third-order valence-electron chi connectivity index (χ3n) is 1.94. The maximum atomic E-state index is 11.6. The highest BCUT2D eigenvalue weighted by molar-refractivity contribution is 7.50. The highest BCUT2D eigenvalue weighted by Gasteiger charge is 2.31. The zero-order chi connectivity index (χ0) is 12.9. The molecule has 0 aromatic heterocycles. The van der Waals surface area contributed by atoms with E-state index in [-0.39, 0.29) is 11.4 Å². The molecule has 0 saturated heterocycles. The van der Waals surface area contributed by atoms with Crippen LogP contribution in [0.1, 0.15) is 5.56 Å². The summed E-state index contributed by atoms with van der Waals surface area (Å²) in [6.45, 7) is -0.112. The number of rotatable bonds is 4. The Balaban J connectivity index is 2.61. The van der Waals surface area contributed by atoms with Crippen LogP contribution in [-0.4, -0.2) is 22.8 Å². The van der Waals surface area contributed by atoms with Gasteiger partial charge in [0, 0.05) is 7.05 Å². The van der Waals surface area contributed by atoms with Crippen molar-refractivity contribution in [3.63, 3.8) is 0 Å². The second kappa shape index (κ2) is 5.79. The lowest BCUT2D eigenvalue weighted by molar-refractivity contribution is 0.184. The fourth-order valence-corrected chi connectivity index (χ4v) is 1.80. The highest BCUT2D eigenvalue weighted by atomic mass is 31.2. The first-order valence-electron chi connectivity index (χ1n) is 4.75. The summed E-state index contributed by atoms with van der Waals surface area (Å²) in [5, 5.41) is 2.12. The molecule has 7 nitrogen and oxygen atoms in total. The first-order chi connectivity index (χ1) is 7.97. The SMILES string of the molecule is CNC(=O)N(N)P(=O)(O)OCc1ccccc1. The summed E-state index contributed by atoms with van der Waals surface area (Å²) in [6, 6.07) is 7.88. The quantitative estimate of drug-likeness (QED) is 0.321. The van der Waals surface area contributed by atoms with Crippen molar-refractivity contribution >= 4 is 13.8 Å². The number of carbonyl (C=O) groups is 1. The second-order valence-corrected chi connectivity index (χ2v) is 4.82. The molecule has 0 spiro atoms. The Kier molecular flexibility index (Phi) is 4.65. The molecule has 8 heteroatoms. The van der Waals surface area contributed by atoms with E-state index in [1.54, 1.807) is 24.3 Å². The topological polar surface area (TPSA) is 105 Å². The van der Waals surface area contributed by atoms with Gasteiger partial charge in [-0.15, -0.1) is 0 Å². The summed E-state index contributed by atoms with van der Waals surface area (Å²) >= 11 is 0. The van der Waals surface area contributed by atoms with E-state index in [0.717, 1.165) is 0 Å². The van der Waals surface area contributed by atoms with Crippen LogP contribution in [-0.2, 0) is 15.7 Å². The molecule has 0 fully saturated rings. The Labute approximate surface area is 98.7 Å². The van der Waals surface area contributed by atoms with Crippen LogP contribution in [0.5, 0.6) is 0 Å². The zero-order valence-corrected chi connectivity index (χ0v) is 10.1. The molecule has 1 aromatic rings. The standard InChI is InChI=1S/C9H14N3O4P/c1-11-9(13)12(10)17(14,15)16-7-8-5-3-2-4-6-8/h2-6H,7,10H2,1H3,(H,11,13)(H,14,15). The second-order valence-electron chi connectivity index (χ2n) is 3.15. The molecule has 17 heavy (non-hydrogen) atoms. The van der Waals surface area contributed by atoms with Gasteiger partial charge in [0.25, 0.3) is 0 Å². The van der Waals surface area contributed by atoms with E-state index >= 15 is 0 Å². The minimum Gasteiger partial charge on any atom is -0.340 e. The number of benzene rings is 1. The van der Waals surface area contributed by atoms with Gasteiger partial charge in [0.2, 0.25) is 0 Å². The van der Waals surface area contributed by atoms with Gasteiger partial charge in [-0.1, -0.05) is 30.3 Å². The monoisotopic (exact) mass is 259 g/mol. The van der Waals surface area contributed by atoms with Crippen molar-refractivity contribution in [3.8, 4) is 0 Å². The normalized spacial score (nSPS) is 13.8. The van der Waals surface area contributed by atoms with Gasteiger partial charge in [-0.2, -0.15) is 4.78 Å². The zero-order valence-electron chi connectivity index (χ0n) is 9.24. The largest absolute Gasteiger partial charge is 0.450 e. The number of carbonyl (C=O) groups excluding carboxylic acids is 1. The van der Waals surface area contributed by atoms with E-state index < -0.39 is 13.8 Å². The van der Waals surface area contributed by atoms with Gasteiger partial charge < -0.3 is 10.2 Å². The molecule has 0 aliphatic carbocycles. The molecule has 0 aliphatic heterocycles. The number of urea groups is 1. The van der Waals surface area contributed by atoms with Crippen LogP contribution < -0.4 is 11.2 Å². The van der Waals surface area contributed by atoms with Crippen molar-refractivity contribution in [3.05, 3.63) is 35.9 Å². The average molecular weight is 259 g/mol. The lowest BCUT2D eigenvalue weighted by Crippen LogP contribution is -2.40. The molecule has 1 atom stereocenters. The predicted molar refractivity (Wildman–Crippen MR) is 61.5 cm³/mol. The van der Waals surface area contributed by atoms with Crippen molar-refractivity contribution in [2.75, 3.05) is 7.05 Å². The van der Waals surface area contributed by atoms with E-state index in [0.29, 0.717) is 5.56 Å². The van der Waals surface area contributed by atoms with Crippen molar-refractivity contribution < 1.29 is 18.8 Å². The van der Waals surface area contributed by atoms with E-state index in [2.05, 4.69) is 5.32 Å². The Morgan fingerprint density at radius 1 is 1.53 bits per heavy atom. The van der Waals surface area contributed by atoms with Crippen molar-refractivity contribution in [2.45, 2.75) is 6.61 Å². The van der Waals surface area contributed by atoms with Crippen LogP contribution >= 0.6 is 7.75 Å². The molecule has 94 valence electrons. The number of amides is 2. The third-order valence-corrected chi connectivity index (χ3v) is 3.13. The molecule has 1 rings (SSSR count). The van der Waals surface area contributed by atoms with Gasteiger partial charge >= 0.3 is 13.8 Å². The Bertz CT molecular complexity index is 426. The Morgan fingerprint density at radius 3 is 2.65 bits per heavy atom. The smallest absolute Gasteiger partial charge is 0.340 e. The van der Waals surface area contributed by atoms with Crippen molar-refractivity contribution in [1.29, 1.82) is 0 Å². The molecule has 1 aromatic carbocycles. The van der Waals surface area contributed by atoms with Crippen LogP contribution in [0, 0.1) is 0 Å². The molecule has 2 amide bonds. The lowest BCUT2D eigenvalue weighted by atomic mass is 10.2. The molecule has 1 unspecified atom stereocenters. The minimum atomic E-state index is -4.32. The maximum Gasteiger partial charge on any atom is 0.450 e. The minimum absolute atomic E-state index is 0.112. The van der Waals surface area contributed by atoms with Crippen LogP contribution in [0.15, 0.2) is 30.3 Å². The molecule has 0 aliphatic rings. The number of nitrogens with one attached hydrogen (secondary N) is 1. The van der Waals surface area contributed by atoms with Crippen molar-refractivity contribution in [2.24, 2.45) is 5.84 Å². The van der Waals surface area contributed by atoms with Gasteiger partial charge in [-0.25, -0.2) is 15.2 Å². The number of hydrazine groups is 1. The van der Waals surface area contributed by atoms with Gasteiger partial charge in [0.15, 0.2) is 0 Å². The summed E-state index contributed by atoms with van der Waals surface area (Å²) in [5.41, 5.74) is 0.701. The molecular formula is C9H14N3O4P. The van der Waals surface area contributed by atoms with Crippen LogP contribution in [0.3, 0.4) is 0 Å². The van der Waals surface area contributed by atoms with Crippen LogP contribution in [0.4, 0.5) is 4.79 Å². The average Bonchev–Trinajstić information content (AvgIpc) is 2.36. The summed E-state index contributed by atoms with van der Waals surface area (Å²) in [6.07, 6.45) is 0. The summed E-state index contributed by atoms with van der Waals surface area (Å²) in [7, 11) is -3.03. The van der Waals surface area contributed by atoms with Crippen LogP contribution in [0.2, 0.25) is 0 Å². The van der Waals surface area contributed by atoms with E-state index in [1.165, 1.54) is 7.05 Å². The molecule has 0 saturated carbocycles. The van der Waals surface area contributed by atoms with E-state index in [1.807, 2.05) is 6.07 Å². The maximum absolute atomic E-state index is 11.6. The lowest BCUT2D eigenvalue weighted by Gasteiger charge is -2.21. The molecule has 0 radical (unpaired) electrons. The first-order valence-corrected chi connectivity index (χ1v) is 6.28. The van der Waals surface area contributed by atoms with E-state index in [9.17, 15) is 14.3 Å². The van der Waals surface area contributed by atoms with Gasteiger partial charge in [0.05, 0.1) is 6.61 Å². The summed E-state index contributed by atoms with van der Waals surface area (Å²) in [5.74, 6) is 5.15. The van der Waals surface area contributed by atoms with E-state index in [4.69, 9.17) is 10.4 Å². The summed E-state index contributed by atoms with van der Waals surface area (Å²) < 4.78 is 16.5. The summed E-state index contributed by atoms with van der Waals surface area (Å²) in [4.78, 5) is 20.5. The molecule has 4 N–H and O–H groups in total. The highest BCUT2D eigenvalue weighted by Crippen LogP contribution is 2.44.